The van der Waals surface area contributed by atoms with E-state index in [4.69, 9.17) is 51.6 Å². The van der Waals surface area contributed by atoms with Crippen LogP contribution in [0.3, 0.4) is 0 Å². The molecular formula is C44H48Cl2F2N8O6. The topological polar surface area (TPSA) is 137 Å². The van der Waals surface area contributed by atoms with Gasteiger partial charge in [-0.3, -0.25) is 9.80 Å². The lowest BCUT2D eigenvalue weighted by molar-refractivity contribution is 0.0357. The van der Waals surface area contributed by atoms with Gasteiger partial charge in [0.25, 0.3) is 0 Å². The number of hydrogen-bond acceptors (Lipinski definition) is 14. The Bertz CT molecular complexity index is 2260. The van der Waals surface area contributed by atoms with E-state index in [1.165, 1.54) is 36.9 Å². The molecule has 6 aromatic rings. The molecule has 0 bridgehead atoms. The molecule has 0 unspecified atom stereocenters. The maximum absolute atomic E-state index is 13.5. The SMILES string of the molecule is COc1cc2ncnc(Nc3ccc(F)c(Cl)c3)c2cc1OCCCN1CCOCC1.COc1cc2ncnc(Nc3ccc(F)c(Cl)c3)c2cc1OCCCN1CCOCC1. The van der Waals surface area contributed by atoms with Crippen LogP contribution in [0.15, 0.2) is 73.3 Å². The fourth-order valence-corrected chi connectivity index (χ4v) is 7.24. The first-order chi connectivity index (χ1) is 30.3. The zero-order chi connectivity index (χ0) is 43.3. The van der Waals surface area contributed by atoms with Gasteiger partial charge >= 0.3 is 0 Å². The average Bonchev–Trinajstić information content (AvgIpc) is 3.30. The Morgan fingerprint density at radius 3 is 1.39 bits per heavy atom. The number of nitrogens with one attached hydrogen (secondary N) is 2. The first-order valence-corrected chi connectivity index (χ1v) is 21.0. The third-order valence-corrected chi connectivity index (χ3v) is 10.7. The maximum Gasteiger partial charge on any atom is 0.162 e. The van der Waals surface area contributed by atoms with Crippen molar-refractivity contribution in [3.63, 3.8) is 0 Å². The number of hydrogen-bond donors (Lipinski definition) is 2. The van der Waals surface area contributed by atoms with Crippen LogP contribution in [0.25, 0.3) is 21.8 Å². The second-order valence-electron chi connectivity index (χ2n) is 14.3. The number of benzene rings is 4. The quantitative estimate of drug-likeness (QED) is 0.0898. The highest BCUT2D eigenvalue weighted by Gasteiger charge is 2.16. The molecule has 14 nitrogen and oxygen atoms in total. The van der Waals surface area contributed by atoms with Gasteiger partial charge in [-0.2, -0.15) is 0 Å². The van der Waals surface area contributed by atoms with E-state index >= 15 is 0 Å². The van der Waals surface area contributed by atoms with Gasteiger partial charge < -0.3 is 39.1 Å². The van der Waals surface area contributed by atoms with Crippen LogP contribution in [0, 0.1) is 11.6 Å². The Morgan fingerprint density at radius 2 is 1.00 bits per heavy atom. The smallest absolute Gasteiger partial charge is 0.162 e. The molecule has 2 fully saturated rings. The summed E-state index contributed by atoms with van der Waals surface area (Å²) in [6.07, 6.45) is 4.70. The third kappa shape index (κ3) is 12.0. The largest absolute Gasteiger partial charge is 0.493 e. The van der Waals surface area contributed by atoms with E-state index in [2.05, 4.69) is 40.4 Å². The summed E-state index contributed by atoms with van der Waals surface area (Å²) in [5.41, 5.74) is 2.64. The molecule has 2 aliphatic heterocycles. The van der Waals surface area contributed by atoms with E-state index in [0.29, 0.717) is 70.3 Å². The summed E-state index contributed by atoms with van der Waals surface area (Å²) in [7, 11) is 3.20. The van der Waals surface area contributed by atoms with E-state index in [0.717, 1.165) is 89.3 Å². The normalized spacial score (nSPS) is 14.5. The number of morpholine rings is 2. The van der Waals surface area contributed by atoms with Gasteiger partial charge in [-0.25, -0.2) is 28.7 Å². The van der Waals surface area contributed by atoms with Crippen LogP contribution in [0.1, 0.15) is 12.8 Å². The van der Waals surface area contributed by atoms with Crippen molar-refractivity contribution in [1.82, 2.24) is 29.7 Å². The lowest BCUT2D eigenvalue weighted by Crippen LogP contribution is -2.37. The van der Waals surface area contributed by atoms with Gasteiger partial charge in [0.15, 0.2) is 23.0 Å². The molecule has 0 aliphatic carbocycles. The zero-order valence-corrected chi connectivity index (χ0v) is 36.0. The minimum atomic E-state index is -0.475. The molecule has 4 aromatic carbocycles. The first kappa shape index (κ1) is 44.7. The van der Waals surface area contributed by atoms with Crippen LogP contribution in [0.2, 0.25) is 10.0 Å². The molecule has 2 N–H and O–H groups in total. The minimum Gasteiger partial charge on any atom is -0.493 e. The Balaban J connectivity index is 0.000000186. The molecule has 8 rings (SSSR count). The van der Waals surface area contributed by atoms with Crippen molar-refractivity contribution in [1.29, 1.82) is 0 Å². The lowest BCUT2D eigenvalue weighted by atomic mass is 10.2. The van der Waals surface area contributed by atoms with Crippen molar-refractivity contribution in [2.75, 3.05) is 104 Å². The van der Waals surface area contributed by atoms with Crippen LogP contribution in [-0.2, 0) is 9.47 Å². The zero-order valence-electron chi connectivity index (χ0n) is 34.5. The van der Waals surface area contributed by atoms with E-state index in [9.17, 15) is 8.78 Å². The number of ether oxygens (including phenoxy) is 6. The summed E-state index contributed by atoms with van der Waals surface area (Å²) < 4.78 is 60.7. The number of nitrogens with zero attached hydrogens (tertiary/aromatic N) is 6. The number of rotatable bonds is 16. The summed E-state index contributed by atoms with van der Waals surface area (Å²) >= 11 is 11.8. The van der Waals surface area contributed by atoms with Gasteiger partial charge in [-0.1, -0.05) is 23.2 Å². The number of fused-ring (bicyclic) bond motifs is 2. The number of anilines is 4. The highest BCUT2D eigenvalue weighted by molar-refractivity contribution is 6.31. The molecule has 2 aliphatic rings. The number of aromatic nitrogens is 4. The van der Waals surface area contributed by atoms with Gasteiger partial charge in [0.05, 0.1) is 74.9 Å². The highest BCUT2D eigenvalue weighted by atomic mass is 35.5. The van der Waals surface area contributed by atoms with Crippen LogP contribution >= 0.6 is 23.2 Å². The van der Waals surface area contributed by atoms with Gasteiger partial charge in [0, 0.05) is 73.5 Å². The Kier molecular flexibility index (Phi) is 16.0. The molecule has 0 amide bonds. The van der Waals surface area contributed by atoms with E-state index in [-0.39, 0.29) is 10.0 Å². The van der Waals surface area contributed by atoms with Gasteiger partial charge in [-0.15, -0.1) is 0 Å². The fourth-order valence-electron chi connectivity index (χ4n) is 6.88. The molecule has 0 radical (unpaired) electrons. The molecule has 4 heterocycles. The average molecular weight is 894 g/mol. The summed E-state index contributed by atoms with van der Waals surface area (Å²) in [6.45, 7) is 10.0. The van der Waals surface area contributed by atoms with Crippen LogP contribution in [0.5, 0.6) is 23.0 Å². The molecular weight excluding hydrogens is 845 g/mol. The van der Waals surface area contributed by atoms with E-state index in [1.807, 2.05) is 24.3 Å². The van der Waals surface area contributed by atoms with Gasteiger partial charge in [-0.05, 0) is 61.4 Å². The number of methoxy groups -OCH3 is 2. The molecule has 18 heteroatoms. The summed E-state index contributed by atoms with van der Waals surface area (Å²) in [5, 5.41) is 7.93. The standard InChI is InChI=1S/2C22H24ClFN4O3/c2*1-29-20-13-19-16(12-21(20)31-8-2-5-28-6-9-30-10-7-28)22(26-14-25-19)27-15-3-4-18(24)17(23)11-15/h2*3-4,11-14H,2,5-10H2,1H3,(H,25,26,27). The molecule has 0 saturated carbocycles. The van der Waals surface area contributed by atoms with Crippen molar-refractivity contribution in [3.8, 4) is 23.0 Å². The monoisotopic (exact) mass is 892 g/mol. The Hall–Kier alpha value is -5.36. The van der Waals surface area contributed by atoms with Crippen molar-refractivity contribution in [2.45, 2.75) is 12.8 Å². The number of halogens is 4. The van der Waals surface area contributed by atoms with Crippen molar-refractivity contribution < 1.29 is 37.2 Å². The predicted molar refractivity (Wildman–Crippen MR) is 236 cm³/mol. The Labute approximate surface area is 368 Å². The van der Waals surface area contributed by atoms with Crippen LogP contribution in [-0.4, -0.2) is 123 Å². The second kappa shape index (κ2) is 22.1. The predicted octanol–water partition coefficient (Wildman–Crippen LogP) is 8.55. The highest BCUT2D eigenvalue weighted by Crippen LogP contribution is 2.37. The second-order valence-corrected chi connectivity index (χ2v) is 15.1. The molecule has 328 valence electrons. The molecule has 2 aromatic heterocycles. The van der Waals surface area contributed by atoms with Crippen LogP contribution in [0.4, 0.5) is 31.8 Å². The van der Waals surface area contributed by atoms with E-state index in [1.54, 1.807) is 26.4 Å². The fraction of sp³-hybridized carbons (Fsp3) is 0.364. The van der Waals surface area contributed by atoms with Gasteiger partial charge in [0.2, 0.25) is 0 Å². The molecule has 2 saturated heterocycles. The third-order valence-electron chi connectivity index (χ3n) is 10.2. The molecule has 62 heavy (non-hydrogen) atoms. The van der Waals surface area contributed by atoms with Crippen molar-refractivity contribution >= 4 is 68.0 Å². The van der Waals surface area contributed by atoms with Crippen molar-refractivity contribution in [3.05, 3.63) is 95.0 Å². The van der Waals surface area contributed by atoms with Crippen LogP contribution < -0.4 is 29.6 Å². The molecule has 0 spiro atoms. The van der Waals surface area contributed by atoms with E-state index < -0.39 is 11.6 Å². The minimum absolute atomic E-state index is 0.0364. The molecule has 0 atom stereocenters. The lowest BCUT2D eigenvalue weighted by Gasteiger charge is -2.26. The summed E-state index contributed by atoms with van der Waals surface area (Å²) in [6, 6.07) is 16.2. The summed E-state index contributed by atoms with van der Waals surface area (Å²) in [5.74, 6) is 2.62. The Morgan fingerprint density at radius 1 is 0.581 bits per heavy atom. The maximum atomic E-state index is 13.5. The first-order valence-electron chi connectivity index (χ1n) is 20.2. The summed E-state index contributed by atoms with van der Waals surface area (Å²) in [4.78, 5) is 22.1. The van der Waals surface area contributed by atoms with Crippen molar-refractivity contribution in [2.24, 2.45) is 0 Å². The van der Waals surface area contributed by atoms with Gasteiger partial charge in [0.1, 0.15) is 35.9 Å².